The van der Waals surface area contributed by atoms with E-state index in [2.05, 4.69) is 60.0 Å². The van der Waals surface area contributed by atoms with Crippen LogP contribution in [0, 0.1) is 0 Å². The first-order chi connectivity index (χ1) is 9.99. The molecule has 4 nitrogen and oxygen atoms in total. The Morgan fingerprint density at radius 1 is 1.05 bits per heavy atom. The van der Waals surface area contributed by atoms with Gasteiger partial charge in [-0.15, -0.1) is 0 Å². The van der Waals surface area contributed by atoms with Crippen molar-refractivity contribution in [1.29, 1.82) is 0 Å². The number of hydrogen-bond acceptors (Lipinski definition) is 4. The monoisotopic (exact) mass is 284 g/mol. The van der Waals surface area contributed by atoms with Gasteiger partial charge in [-0.3, -0.25) is 4.98 Å². The van der Waals surface area contributed by atoms with E-state index >= 15 is 0 Å². The summed E-state index contributed by atoms with van der Waals surface area (Å²) in [5.41, 5.74) is 2.17. The normalized spacial score (nSPS) is 11.4. The predicted octanol–water partition coefficient (Wildman–Crippen LogP) is 3.52. The summed E-state index contributed by atoms with van der Waals surface area (Å²) in [6, 6.07) is 10.3. The largest absolute Gasteiger partial charge is 0.325 e. The van der Waals surface area contributed by atoms with Crippen molar-refractivity contribution in [3.8, 4) is 0 Å². The van der Waals surface area contributed by atoms with Crippen LogP contribution in [0.2, 0.25) is 0 Å². The summed E-state index contributed by atoms with van der Waals surface area (Å²) in [4.78, 5) is 11.2. The molecule has 112 valence electrons. The fourth-order valence-electron chi connectivity index (χ4n) is 2.02. The highest BCUT2D eigenvalue weighted by Gasteiger charge is 2.11. The third-order valence-corrected chi connectivity index (χ3v) is 3.15. The van der Waals surface area contributed by atoms with Gasteiger partial charge in [-0.1, -0.05) is 18.2 Å². The molecular weight excluding hydrogens is 260 g/mol. The zero-order valence-corrected chi connectivity index (χ0v) is 13.3. The zero-order valence-electron chi connectivity index (χ0n) is 13.3. The molecule has 0 radical (unpaired) electrons. The minimum Gasteiger partial charge on any atom is -0.325 e. The molecule has 21 heavy (non-hydrogen) atoms. The van der Waals surface area contributed by atoms with E-state index in [9.17, 15) is 0 Å². The third-order valence-electron chi connectivity index (χ3n) is 3.15. The standard InChI is InChI=1S/C17H24N4/c1-5-21(15-9-7-6-8-10-15)16-13-18-14(11-19-16)12-20-17(2,3)4/h6-11,13,20H,5,12H2,1-4H3. The van der Waals surface area contributed by atoms with Crippen LogP contribution in [0.5, 0.6) is 0 Å². The Balaban J connectivity index is 2.10. The third kappa shape index (κ3) is 4.53. The maximum absolute atomic E-state index is 4.55. The van der Waals surface area contributed by atoms with E-state index in [1.807, 2.05) is 30.6 Å². The summed E-state index contributed by atoms with van der Waals surface area (Å²) in [5.74, 6) is 0.878. The molecule has 0 spiro atoms. The van der Waals surface area contributed by atoms with Gasteiger partial charge < -0.3 is 10.2 Å². The van der Waals surface area contributed by atoms with Crippen molar-refractivity contribution in [2.45, 2.75) is 39.8 Å². The molecule has 1 aromatic heterocycles. The van der Waals surface area contributed by atoms with Crippen LogP contribution in [-0.4, -0.2) is 22.1 Å². The molecule has 0 aliphatic heterocycles. The van der Waals surface area contributed by atoms with E-state index in [0.29, 0.717) is 0 Å². The highest BCUT2D eigenvalue weighted by molar-refractivity contribution is 5.58. The number of anilines is 2. The second-order valence-electron chi connectivity index (χ2n) is 6.05. The Morgan fingerprint density at radius 3 is 2.29 bits per heavy atom. The minimum absolute atomic E-state index is 0.0832. The van der Waals surface area contributed by atoms with Crippen LogP contribution in [0.1, 0.15) is 33.4 Å². The first-order valence-electron chi connectivity index (χ1n) is 7.38. The van der Waals surface area contributed by atoms with E-state index in [-0.39, 0.29) is 5.54 Å². The smallest absolute Gasteiger partial charge is 0.151 e. The van der Waals surface area contributed by atoms with Gasteiger partial charge in [0.25, 0.3) is 0 Å². The average molecular weight is 284 g/mol. The molecule has 1 N–H and O–H groups in total. The van der Waals surface area contributed by atoms with Gasteiger partial charge in [-0.05, 0) is 39.8 Å². The summed E-state index contributed by atoms with van der Waals surface area (Å²) in [7, 11) is 0. The fourth-order valence-corrected chi connectivity index (χ4v) is 2.02. The number of benzene rings is 1. The van der Waals surface area contributed by atoms with Crippen LogP contribution in [0.25, 0.3) is 0 Å². The maximum Gasteiger partial charge on any atom is 0.151 e. The van der Waals surface area contributed by atoms with Crippen molar-refractivity contribution >= 4 is 11.5 Å². The quantitative estimate of drug-likeness (QED) is 0.912. The van der Waals surface area contributed by atoms with Crippen LogP contribution in [0.4, 0.5) is 11.5 Å². The summed E-state index contributed by atoms with van der Waals surface area (Å²) in [6.45, 7) is 10.1. The van der Waals surface area contributed by atoms with Crippen LogP contribution in [0.3, 0.4) is 0 Å². The molecule has 1 aromatic carbocycles. The number of rotatable bonds is 5. The second-order valence-corrected chi connectivity index (χ2v) is 6.05. The van der Waals surface area contributed by atoms with Crippen molar-refractivity contribution in [2.24, 2.45) is 0 Å². The van der Waals surface area contributed by atoms with Gasteiger partial charge in [0.05, 0.1) is 18.1 Å². The molecule has 0 unspecified atom stereocenters. The second kappa shape index (κ2) is 6.68. The van der Waals surface area contributed by atoms with Crippen molar-refractivity contribution in [2.75, 3.05) is 11.4 Å². The van der Waals surface area contributed by atoms with E-state index < -0.39 is 0 Å². The van der Waals surface area contributed by atoms with E-state index in [0.717, 1.165) is 30.3 Å². The summed E-state index contributed by atoms with van der Waals surface area (Å²) >= 11 is 0. The Kier molecular flexibility index (Phi) is 4.91. The number of hydrogen-bond donors (Lipinski definition) is 1. The van der Waals surface area contributed by atoms with Gasteiger partial charge in [0.2, 0.25) is 0 Å². The van der Waals surface area contributed by atoms with Crippen molar-refractivity contribution in [1.82, 2.24) is 15.3 Å². The van der Waals surface area contributed by atoms with Gasteiger partial charge in [0.15, 0.2) is 5.82 Å². The SMILES string of the molecule is CCN(c1ccccc1)c1cnc(CNC(C)(C)C)cn1. The molecule has 0 atom stereocenters. The minimum atomic E-state index is 0.0832. The lowest BCUT2D eigenvalue weighted by molar-refractivity contribution is 0.421. The molecule has 0 aliphatic carbocycles. The van der Waals surface area contributed by atoms with E-state index in [1.54, 1.807) is 0 Å². The Bertz CT molecular complexity index is 543. The summed E-state index contributed by atoms with van der Waals surface area (Å²) in [5, 5.41) is 3.42. The molecule has 2 aromatic rings. The highest BCUT2D eigenvalue weighted by atomic mass is 15.2. The van der Waals surface area contributed by atoms with Gasteiger partial charge >= 0.3 is 0 Å². The first kappa shape index (κ1) is 15.4. The molecule has 2 rings (SSSR count). The lowest BCUT2D eigenvalue weighted by atomic mass is 10.1. The molecule has 0 saturated heterocycles. The van der Waals surface area contributed by atoms with Gasteiger partial charge in [0.1, 0.15) is 0 Å². The van der Waals surface area contributed by atoms with Gasteiger partial charge in [-0.25, -0.2) is 4.98 Å². The molecule has 1 heterocycles. The lowest BCUT2D eigenvalue weighted by Crippen LogP contribution is -2.35. The molecular formula is C17H24N4. The molecule has 0 amide bonds. The average Bonchev–Trinajstić information content (AvgIpc) is 2.47. The van der Waals surface area contributed by atoms with Crippen LogP contribution in [-0.2, 0) is 6.54 Å². The summed E-state index contributed by atoms with van der Waals surface area (Å²) in [6.07, 6.45) is 3.69. The highest BCUT2D eigenvalue weighted by Crippen LogP contribution is 2.21. The topological polar surface area (TPSA) is 41.1 Å². The molecule has 0 bridgehead atoms. The predicted molar refractivity (Wildman–Crippen MR) is 87.7 cm³/mol. The lowest BCUT2D eigenvalue weighted by Gasteiger charge is -2.22. The number of nitrogens with zero attached hydrogens (tertiary/aromatic N) is 3. The van der Waals surface area contributed by atoms with Gasteiger partial charge in [-0.2, -0.15) is 0 Å². The molecule has 0 aliphatic rings. The first-order valence-corrected chi connectivity index (χ1v) is 7.38. The summed E-state index contributed by atoms with van der Waals surface area (Å²) < 4.78 is 0. The van der Waals surface area contributed by atoms with Crippen LogP contribution < -0.4 is 10.2 Å². The fraction of sp³-hybridized carbons (Fsp3) is 0.412. The van der Waals surface area contributed by atoms with E-state index in [4.69, 9.17) is 0 Å². The van der Waals surface area contributed by atoms with Crippen molar-refractivity contribution in [3.63, 3.8) is 0 Å². The van der Waals surface area contributed by atoms with Crippen LogP contribution in [0.15, 0.2) is 42.7 Å². The Labute approximate surface area is 127 Å². The maximum atomic E-state index is 4.55. The number of nitrogens with one attached hydrogen (secondary N) is 1. The van der Waals surface area contributed by atoms with Crippen molar-refractivity contribution < 1.29 is 0 Å². The van der Waals surface area contributed by atoms with Crippen molar-refractivity contribution in [3.05, 3.63) is 48.4 Å². The van der Waals surface area contributed by atoms with Gasteiger partial charge in [0, 0.05) is 24.3 Å². The molecule has 0 saturated carbocycles. The number of para-hydroxylation sites is 1. The van der Waals surface area contributed by atoms with E-state index in [1.165, 1.54) is 0 Å². The molecule has 4 heteroatoms. The molecule has 0 fully saturated rings. The van der Waals surface area contributed by atoms with Crippen LogP contribution >= 0.6 is 0 Å². The zero-order chi connectivity index (χ0) is 15.3. The Morgan fingerprint density at radius 2 is 1.76 bits per heavy atom. The Hall–Kier alpha value is -1.94. The number of aromatic nitrogens is 2.